The normalized spacial score (nSPS) is 11.1. The van der Waals surface area contributed by atoms with E-state index in [0.29, 0.717) is 46.9 Å². The summed E-state index contributed by atoms with van der Waals surface area (Å²) in [6, 6.07) is 12.5. The van der Waals surface area contributed by atoms with Gasteiger partial charge in [-0.1, -0.05) is 37.6 Å². The molecule has 0 atom stereocenters. The minimum absolute atomic E-state index is 0.0253. The number of nitrogens with one attached hydrogen (secondary N) is 1. The van der Waals surface area contributed by atoms with E-state index >= 15 is 0 Å². The smallest absolute Gasteiger partial charge is 0.266 e. The number of hydrogen-bond donors (Lipinski definition) is 1. The molecule has 0 spiro atoms. The summed E-state index contributed by atoms with van der Waals surface area (Å²) in [7, 11) is 0. The first-order valence-corrected chi connectivity index (χ1v) is 9.80. The Bertz CT molecular complexity index is 946. The van der Waals surface area contributed by atoms with E-state index in [2.05, 4.69) is 19.2 Å². The topological polar surface area (TPSA) is 71.3 Å². The summed E-state index contributed by atoms with van der Waals surface area (Å²) in [4.78, 5) is 12.6. The molecule has 0 radical (unpaired) electrons. The summed E-state index contributed by atoms with van der Waals surface area (Å²) >= 11 is 5.99. The molecule has 152 valence electrons. The molecule has 2 aromatic carbocycles. The Morgan fingerprint density at radius 1 is 1.21 bits per heavy atom. The van der Waals surface area contributed by atoms with E-state index in [1.54, 1.807) is 36.4 Å². The lowest BCUT2D eigenvalue weighted by molar-refractivity contribution is -0.112. The molecule has 0 saturated heterocycles. The van der Waals surface area contributed by atoms with Crippen LogP contribution in [-0.2, 0) is 4.79 Å². The van der Waals surface area contributed by atoms with Crippen LogP contribution in [0.2, 0.25) is 5.02 Å². The minimum atomic E-state index is -0.504. The molecule has 6 heteroatoms. The summed E-state index contributed by atoms with van der Waals surface area (Å²) in [6.45, 7) is 8.92. The first-order chi connectivity index (χ1) is 13.8. The van der Waals surface area contributed by atoms with Gasteiger partial charge >= 0.3 is 0 Å². The highest BCUT2D eigenvalue weighted by atomic mass is 35.5. The molecular formula is C23H25ClN2O3. The van der Waals surface area contributed by atoms with E-state index in [9.17, 15) is 10.1 Å². The van der Waals surface area contributed by atoms with Crippen LogP contribution in [0.4, 0.5) is 5.69 Å². The Labute approximate surface area is 176 Å². The van der Waals surface area contributed by atoms with E-state index in [1.165, 1.54) is 6.08 Å². The van der Waals surface area contributed by atoms with Crippen LogP contribution in [0.1, 0.15) is 31.9 Å². The van der Waals surface area contributed by atoms with E-state index in [-0.39, 0.29) is 5.57 Å². The van der Waals surface area contributed by atoms with Gasteiger partial charge in [0.1, 0.15) is 11.6 Å². The number of hydrogen-bond acceptors (Lipinski definition) is 4. The van der Waals surface area contributed by atoms with Gasteiger partial charge in [0.15, 0.2) is 11.5 Å². The summed E-state index contributed by atoms with van der Waals surface area (Å²) in [5, 5.41) is 12.7. The highest BCUT2D eigenvalue weighted by Crippen LogP contribution is 2.30. The van der Waals surface area contributed by atoms with Crippen molar-refractivity contribution in [3.63, 3.8) is 0 Å². The standard InChI is InChI=1S/C23H25ClN2O3/c1-5-28-22-11-17(7-9-21(22)29-14-15(2)3)10-18(13-25)23(27)26-20-12-19(24)8-6-16(20)4/h6-12,15H,5,14H2,1-4H3,(H,26,27)/b18-10+. The van der Waals surface area contributed by atoms with Crippen LogP contribution in [-0.4, -0.2) is 19.1 Å². The summed E-state index contributed by atoms with van der Waals surface area (Å²) in [6.07, 6.45) is 1.52. The number of rotatable bonds is 8. The molecule has 5 nitrogen and oxygen atoms in total. The second-order valence-corrected chi connectivity index (χ2v) is 7.36. The van der Waals surface area contributed by atoms with Gasteiger partial charge in [-0.2, -0.15) is 5.26 Å². The largest absolute Gasteiger partial charge is 0.490 e. The third-order valence-corrected chi connectivity index (χ3v) is 4.20. The molecule has 0 unspecified atom stereocenters. The van der Waals surface area contributed by atoms with Gasteiger partial charge in [0.05, 0.1) is 13.2 Å². The Hall–Kier alpha value is -2.97. The van der Waals surface area contributed by atoms with E-state index in [4.69, 9.17) is 21.1 Å². The first-order valence-electron chi connectivity index (χ1n) is 9.43. The molecule has 1 N–H and O–H groups in total. The maximum atomic E-state index is 12.6. The molecule has 0 fully saturated rings. The fraction of sp³-hybridized carbons (Fsp3) is 0.304. The summed E-state index contributed by atoms with van der Waals surface area (Å²) in [5.41, 5.74) is 2.06. The van der Waals surface area contributed by atoms with Gasteiger partial charge in [-0.05, 0) is 61.2 Å². The van der Waals surface area contributed by atoms with Crippen LogP contribution in [0, 0.1) is 24.2 Å². The van der Waals surface area contributed by atoms with Crippen molar-refractivity contribution in [2.45, 2.75) is 27.7 Å². The average molecular weight is 413 g/mol. The average Bonchev–Trinajstić information content (AvgIpc) is 2.68. The molecule has 29 heavy (non-hydrogen) atoms. The number of carbonyl (C=O) groups is 1. The Kier molecular flexibility index (Phi) is 8.11. The Morgan fingerprint density at radius 2 is 1.97 bits per heavy atom. The van der Waals surface area contributed by atoms with Crippen molar-refractivity contribution in [2.75, 3.05) is 18.5 Å². The predicted octanol–water partition coefficient (Wildman–Crippen LogP) is 5.63. The van der Waals surface area contributed by atoms with Crippen molar-refractivity contribution in [1.82, 2.24) is 0 Å². The maximum Gasteiger partial charge on any atom is 0.266 e. The van der Waals surface area contributed by atoms with Crippen LogP contribution in [0.15, 0.2) is 42.0 Å². The van der Waals surface area contributed by atoms with Gasteiger partial charge in [0, 0.05) is 10.7 Å². The minimum Gasteiger partial charge on any atom is -0.490 e. The maximum absolute atomic E-state index is 12.6. The van der Waals surface area contributed by atoms with Gasteiger partial charge in [-0.15, -0.1) is 0 Å². The van der Waals surface area contributed by atoms with Gasteiger partial charge in [-0.25, -0.2) is 0 Å². The van der Waals surface area contributed by atoms with E-state index < -0.39 is 5.91 Å². The summed E-state index contributed by atoms with van der Waals surface area (Å²) < 4.78 is 11.4. The lowest BCUT2D eigenvalue weighted by atomic mass is 10.1. The van der Waals surface area contributed by atoms with Crippen molar-refractivity contribution in [1.29, 1.82) is 5.26 Å². The summed E-state index contributed by atoms with van der Waals surface area (Å²) in [5.74, 6) is 1.09. The number of nitriles is 1. The highest BCUT2D eigenvalue weighted by molar-refractivity contribution is 6.31. The number of benzene rings is 2. The van der Waals surface area contributed by atoms with Crippen molar-refractivity contribution in [2.24, 2.45) is 5.92 Å². The number of ether oxygens (including phenoxy) is 2. The molecule has 0 aliphatic carbocycles. The van der Waals surface area contributed by atoms with Gasteiger partial charge in [0.25, 0.3) is 5.91 Å². The zero-order valence-corrected chi connectivity index (χ0v) is 17.8. The molecule has 2 aromatic rings. The molecule has 0 aromatic heterocycles. The monoisotopic (exact) mass is 412 g/mol. The van der Waals surface area contributed by atoms with Gasteiger partial charge < -0.3 is 14.8 Å². The fourth-order valence-electron chi connectivity index (χ4n) is 2.49. The van der Waals surface area contributed by atoms with Gasteiger partial charge in [0.2, 0.25) is 0 Å². The second kappa shape index (κ2) is 10.5. The number of carbonyl (C=O) groups excluding carboxylic acids is 1. The molecular weight excluding hydrogens is 388 g/mol. The molecule has 0 heterocycles. The molecule has 0 saturated carbocycles. The van der Waals surface area contributed by atoms with Crippen LogP contribution in [0.5, 0.6) is 11.5 Å². The zero-order chi connectivity index (χ0) is 21.4. The molecule has 2 rings (SSSR count). The first kappa shape index (κ1) is 22.3. The Morgan fingerprint density at radius 3 is 2.62 bits per heavy atom. The molecule has 0 aliphatic heterocycles. The third-order valence-electron chi connectivity index (χ3n) is 3.96. The fourth-order valence-corrected chi connectivity index (χ4v) is 2.66. The van der Waals surface area contributed by atoms with Crippen molar-refractivity contribution in [3.05, 3.63) is 58.1 Å². The second-order valence-electron chi connectivity index (χ2n) is 6.93. The van der Waals surface area contributed by atoms with Crippen LogP contribution in [0.25, 0.3) is 6.08 Å². The third kappa shape index (κ3) is 6.55. The molecule has 0 bridgehead atoms. The number of amides is 1. The van der Waals surface area contributed by atoms with Crippen molar-refractivity contribution >= 4 is 29.3 Å². The molecule has 1 amide bonds. The lowest BCUT2D eigenvalue weighted by Gasteiger charge is -2.14. The number of halogens is 1. The van der Waals surface area contributed by atoms with Crippen LogP contribution < -0.4 is 14.8 Å². The highest BCUT2D eigenvalue weighted by Gasteiger charge is 2.13. The predicted molar refractivity (Wildman–Crippen MR) is 116 cm³/mol. The van der Waals surface area contributed by atoms with Crippen LogP contribution in [0.3, 0.4) is 0 Å². The number of nitrogens with zero attached hydrogens (tertiary/aromatic N) is 1. The van der Waals surface area contributed by atoms with Crippen LogP contribution >= 0.6 is 11.6 Å². The van der Waals surface area contributed by atoms with Crippen molar-refractivity contribution < 1.29 is 14.3 Å². The van der Waals surface area contributed by atoms with Gasteiger partial charge in [-0.3, -0.25) is 4.79 Å². The Balaban J connectivity index is 2.27. The zero-order valence-electron chi connectivity index (χ0n) is 17.1. The lowest BCUT2D eigenvalue weighted by Crippen LogP contribution is -2.14. The quantitative estimate of drug-likeness (QED) is 0.450. The number of aryl methyl sites for hydroxylation is 1. The molecule has 0 aliphatic rings. The SMILES string of the molecule is CCOc1cc(/C=C(\C#N)C(=O)Nc2cc(Cl)ccc2C)ccc1OCC(C)C. The number of anilines is 1. The van der Waals surface area contributed by atoms with Crippen molar-refractivity contribution in [3.8, 4) is 17.6 Å². The van der Waals surface area contributed by atoms with E-state index in [1.807, 2.05) is 19.9 Å². The van der Waals surface area contributed by atoms with E-state index in [0.717, 1.165) is 5.56 Å².